The molecule has 2 heterocycles. The SMILES string of the molecule is Cc1noc(NS(=O)(=O)c2ccc(NC(=O)/C=C/c3cccs3)cc2)c1C. The van der Waals surface area contributed by atoms with Crippen molar-refractivity contribution in [1.82, 2.24) is 5.16 Å². The number of nitrogens with zero attached hydrogens (tertiary/aromatic N) is 1. The first-order chi connectivity index (χ1) is 12.8. The Balaban J connectivity index is 1.67. The Bertz CT molecular complexity index is 1070. The second-order valence-electron chi connectivity index (χ2n) is 5.69. The van der Waals surface area contributed by atoms with Crippen molar-refractivity contribution in [3.05, 3.63) is 64.0 Å². The van der Waals surface area contributed by atoms with E-state index in [1.807, 2.05) is 17.5 Å². The van der Waals surface area contributed by atoms with E-state index in [4.69, 9.17) is 4.52 Å². The standard InChI is InChI=1S/C18H17N3O4S2/c1-12-13(2)20-25-18(12)21-27(23,24)16-8-5-14(6-9-16)19-17(22)10-7-15-4-3-11-26-15/h3-11,21H,1-2H3,(H,19,22)/b10-7+. The van der Waals surface area contributed by atoms with Crippen LogP contribution >= 0.6 is 11.3 Å². The zero-order valence-corrected chi connectivity index (χ0v) is 16.2. The lowest BCUT2D eigenvalue weighted by atomic mass is 10.3. The van der Waals surface area contributed by atoms with Crippen LogP contribution in [0.1, 0.15) is 16.1 Å². The fourth-order valence-electron chi connectivity index (χ4n) is 2.14. The van der Waals surface area contributed by atoms with Gasteiger partial charge in [-0.25, -0.2) is 13.1 Å². The number of carbonyl (C=O) groups excluding carboxylic acids is 1. The minimum Gasteiger partial charge on any atom is -0.337 e. The molecule has 2 aromatic heterocycles. The van der Waals surface area contributed by atoms with Crippen molar-refractivity contribution in [3.8, 4) is 0 Å². The zero-order valence-electron chi connectivity index (χ0n) is 14.6. The lowest BCUT2D eigenvalue weighted by Gasteiger charge is -2.07. The summed E-state index contributed by atoms with van der Waals surface area (Å²) in [6.07, 6.45) is 3.14. The number of hydrogen-bond donors (Lipinski definition) is 2. The van der Waals surface area contributed by atoms with Crippen LogP contribution in [-0.4, -0.2) is 19.5 Å². The predicted octanol–water partition coefficient (Wildman–Crippen LogP) is 3.81. The van der Waals surface area contributed by atoms with E-state index < -0.39 is 10.0 Å². The van der Waals surface area contributed by atoms with Crippen molar-refractivity contribution in [2.24, 2.45) is 0 Å². The minimum atomic E-state index is -3.82. The van der Waals surface area contributed by atoms with Crippen LogP contribution in [0.15, 0.2) is 57.3 Å². The van der Waals surface area contributed by atoms with Crippen LogP contribution in [0.25, 0.3) is 6.08 Å². The first-order valence-corrected chi connectivity index (χ1v) is 10.3. The Morgan fingerprint density at radius 2 is 1.93 bits per heavy atom. The number of aryl methyl sites for hydroxylation is 1. The van der Waals surface area contributed by atoms with Crippen LogP contribution in [-0.2, 0) is 14.8 Å². The summed E-state index contributed by atoms with van der Waals surface area (Å²) in [6.45, 7) is 3.44. The van der Waals surface area contributed by atoms with E-state index >= 15 is 0 Å². The third-order valence-corrected chi connectivity index (χ3v) is 5.94. The molecule has 1 amide bonds. The van der Waals surface area contributed by atoms with E-state index in [0.717, 1.165) is 4.88 Å². The Hall–Kier alpha value is -2.91. The van der Waals surface area contributed by atoms with Crippen molar-refractivity contribution in [3.63, 3.8) is 0 Å². The molecule has 3 rings (SSSR count). The second-order valence-corrected chi connectivity index (χ2v) is 8.35. The first kappa shape index (κ1) is 18.9. The lowest BCUT2D eigenvalue weighted by molar-refractivity contribution is -0.111. The summed E-state index contributed by atoms with van der Waals surface area (Å²) in [4.78, 5) is 12.9. The number of sulfonamides is 1. The van der Waals surface area contributed by atoms with Gasteiger partial charge in [-0.05, 0) is 55.6 Å². The van der Waals surface area contributed by atoms with E-state index in [1.54, 1.807) is 19.9 Å². The molecule has 2 N–H and O–H groups in total. The van der Waals surface area contributed by atoms with Crippen LogP contribution in [0.3, 0.4) is 0 Å². The molecule has 27 heavy (non-hydrogen) atoms. The number of thiophene rings is 1. The van der Waals surface area contributed by atoms with Gasteiger partial charge in [-0.1, -0.05) is 11.2 Å². The summed E-state index contributed by atoms with van der Waals surface area (Å²) in [6, 6.07) is 9.64. The summed E-state index contributed by atoms with van der Waals surface area (Å²) in [5, 5.41) is 8.32. The molecule has 0 aliphatic carbocycles. The molecule has 0 aliphatic heterocycles. The number of amides is 1. The van der Waals surface area contributed by atoms with Crippen LogP contribution in [0.5, 0.6) is 0 Å². The molecule has 0 bridgehead atoms. The van der Waals surface area contributed by atoms with E-state index in [9.17, 15) is 13.2 Å². The molecule has 0 fully saturated rings. The minimum absolute atomic E-state index is 0.0445. The highest BCUT2D eigenvalue weighted by Gasteiger charge is 2.19. The predicted molar refractivity (Wildman–Crippen MR) is 105 cm³/mol. The number of anilines is 2. The van der Waals surface area contributed by atoms with Crippen molar-refractivity contribution in [2.75, 3.05) is 10.0 Å². The molecule has 7 nitrogen and oxygen atoms in total. The number of hydrogen-bond acceptors (Lipinski definition) is 6. The monoisotopic (exact) mass is 403 g/mol. The van der Waals surface area contributed by atoms with Crippen LogP contribution in [0, 0.1) is 13.8 Å². The summed E-state index contributed by atoms with van der Waals surface area (Å²) in [5.41, 5.74) is 1.72. The normalized spacial score (nSPS) is 11.6. The molecule has 3 aromatic rings. The van der Waals surface area contributed by atoms with Gasteiger partial charge in [0.1, 0.15) is 0 Å². The average molecular weight is 403 g/mol. The van der Waals surface area contributed by atoms with Crippen LogP contribution < -0.4 is 10.0 Å². The maximum atomic E-state index is 12.4. The largest absolute Gasteiger partial charge is 0.337 e. The Kier molecular flexibility index (Phi) is 5.43. The number of carbonyl (C=O) groups is 1. The Labute approximate surface area is 160 Å². The van der Waals surface area contributed by atoms with E-state index in [-0.39, 0.29) is 16.7 Å². The Morgan fingerprint density at radius 1 is 1.19 bits per heavy atom. The van der Waals surface area contributed by atoms with E-state index in [1.165, 1.54) is 41.7 Å². The van der Waals surface area contributed by atoms with E-state index in [0.29, 0.717) is 16.9 Å². The summed E-state index contributed by atoms with van der Waals surface area (Å²) >= 11 is 1.53. The van der Waals surface area contributed by atoms with Crippen LogP contribution in [0.2, 0.25) is 0 Å². The number of benzene rings is 1. The van der Waals surface area contributed by atoms with Gasteiger partial charge >= 0.3 is 0 Å². The Morgan fingerprint density at radius 3 is 2.52 bits per heavy atom. The number of rotatable bonds is 6. The third kappa shape index (κ3) is 4.63. The van der Waals surface area contributed by atoms with Crippen molar-refractivity contribution < 1.29 is 17.7 Å². The summed E-state index contributed by atoms with van der Waals surface area (Å²) < 4.78 is 32.2. The smallest absolute Gasteiger partial charge is 0.264 e. The molecule has 0 spiro atoms. The highest BCUT2D eigenvalue weighted by atomic mass is 32.2. The molecule has 0 unspecified atom stereocenters. The average Bonchev–Trinajstić information content (AvgIpc) is 3.26. The molecule has 9 heteroatoms. The van der Waals surface area contributed by atoms with Gasteiger partial charge in [0.25, 0.3) is 10.0 Å². The molecular weight excluding hydrogens is 386 g/mol. The molecule has 0 saturated carbocycles. The third-order valence-electron chi connectivity index (χ3n) is 3.76. The van der Waals surface area contributed by atoms with Gasteiger partial charge < -0.3 is 9.84 Å². The van der Waals surface area contributed by atoms with Gasteiger partial charge in [-0.2, -0.15) is 0 Å². The van der Waals surface area contributed by atoms with Crippen molar-refractivity contribution in [1.29, 1.82) is 0 Å². The van der Waals surface area contributed by atoms with Gasteiger partial charge in [0.15, 0.2) is 0 Å². The van der Waals surface area contributed by atoms with Gasteiger partial charge in [0.05, 0.1) is 10.6 Å². The highest BCUT2D eigenvalue weighted by Crippen LogP contribution is 2.22. The maximum Gasteiger partial charge on any atom is 0.264 e. The van der Waals surface area contributed by atoms with E-state index in [2.05, 4.69) is 15.2 Å². The topological polar surface area (TPSA) is 101 Å². The molecule has 1 aromatic carbocycles. The molecular formula is C18H17N3O4S2. The maximum absolute atomic E-state index is 12.4. The number of aromatic nitrogens is 1. The quantitative estimate of drug-likeness (QED) is 0.610. The van der Waals surface area contributed by atoms with Gasteiger partial charge in [0, 0.05) is 22.2 Å². The molecule has 0 radical (unpaired) electrons. The molecule has 0 aliphatic rings. The molecule has 0 saturated heterocycles. The fraction of sp³-hybridized carbons (Fsp3) is 0.111. The fourth-order valence-corrected chi connectivity index (χ4v) is 3.80. The first-order valence-electron chi connectivity index (χ1n) is 7.93. The lowest BCUT2D eigenvalue weighted by Crippen LogP contribution is -2.13. The van der Waals surface area contributed by atoms with Crippen molar-refractivity contribution >= 4 is 44.9 Å². The summed E-state index contributed by atoms with van der Waals surface area (Å²) in [5.74, 6) is -0.214. The van der Waals surface area contributed by atoms with Gasteiger partial charge in [-0.3, -0.25) is 4.79 Å². The highest BCUT2D eigenvalue weighted by molar-refractivity contribution is 7.92. The zero-order chi connectivity index (χ0) is 19.4. The van der Waals surface area contributed by atoms with Crippen molar-refractivity contribution in [2.45, 2.75) is 18.7 Å². The molecule has 140 valence electrons. The molecule has 0 atom stereocenters. The summed E-state index contributed by atoms with van der Waals surface area (Å²) in [7, 11) is -3.82. The second kappa shape index (κ2) is 7.77. The number of nitrogens with one attached hydrogen (secondary N) is 2. The van der Waals surface area contributed by atoms with Crippen LogP contribution in [0.4, 0.5) is 11.6 Å². The van der Waals surface area contributed by atoms with Gasteiger partial charge in [-0.15, -0.1) is 11.3 Å². The van der Waals surface area contributed by atoms with Gasteiger partial charge in [0.2, 0.25) is 11.8 Å².